The van der Waals surface area contributed by atoms with Crippen LogP contribution in [0.4, 0.5) is 0 Å². The van der Waals surface area contributed by atoms with E-state index >= 15 is 0 Å². The van der Waals surface area contributed by atoms with Crippen LogP contribution in [-0.4, -0.2) is 25.2 Å². The van der Waals surface area contributed by atoms with Crippen molar-refractivity contribution < 1.29 is 19.4 Å². The Balaban J connectivity index is 2.05. The van der Waals surface area contributed by atoms with Crippen LogP contribution in [0, 0.1) is 11.3 Å². The SMILES string of the molecule is COc1ccc(C(OC)C(=O)NCc2ccc(C#N)cc2)cc1O. The van der Waals surface area contributed by atoms with Crippen molar-refractivity contribution in [3.8, 4) is 17.6 Å². The molecule has 1 amide bonds. The van der Waals surface area contributed by atoms with Gasteiger partial charge < -0.3 is 19.9 Å². The van der Waals surface area contributed by atoms with Gasteiger partial charge in [-0.2, -0.15) is 5.26 Å². The fourth-order valence-electron chi connectivity index (χ4n) is 2.24. The molecule has 0 bridgehead atoms. The third kappa shape index (κ3) is 4.03. The molecule has 2 rings (SSSR count). The van der Waals surface area contributed by atoms with Gasteiger partial charge >= 0.3 is 0 Å². The number of hydrogen-bond donors (Lipinski definition) is 2. The Labute approximate surface area is 140 Å². The average Bonchev–Trinajstić information content (AvgIpc) is 2.61. The lowest BCUT2D eigenvalue weighted by molar-refractivity contribution is -0.131. The number of phenols is 1. The van der Waals surface area contributed by atoms with Gasteiger partial charge in [0.25, 0.3) is 5.91 Å². The summed E-state index contributed by atoms with van der Waals surface area (Å²) in [6.07, 6.45) is -0.847. The van der Waals surface area contributed by atoms with Gasteiger partial charge in [0.05, 0.1) is 18.7 Å². The Morgan fingerprint density at radius 3 is 2.50 bits per heavy atom. The predicted molar refractivity (Wildman–Crippen MR) is 87.4 cm³/mol. The van der Waals surface area contributed by atoms with E-state index in [4.69, 9.17) is 14.7 Å². The van der Waals surface area contributed by atoms with E-state index in [9.17, 15) is 9.90 Å². The Hall–Kier alpha value is -3.04. The number of phenolic OH excluding ortho intramolecular Hbond substituents is 1. The number of carbonyl (C=O) groups is 1. The third-order valence-electron chi connectivity index (χ3n) is 3.53. The molecule has 0 aliphatic rings. The van der Waals surface area contributed by atoms with Crippen LogP contribution in [0.5, 0.6) is 11.5 Å². The first-order valence-electron chi connectivity index (χ1n) is 7.25. The number of nitrogens with one attached hydrogen (secondary N) is 1. The number of nitrogens with zero attached hydrogens (tertiary/aromatic N) is 1. The first kappa shape index (κ1) is 17.3. The molecule has 2 aromatic carbocycles. The fraction of sp³-hybridized carbons (Fsp3) is 0.222. The number of rotatable bonds is 6. The summed E-state index contributed by atoms with van der Waals surface area (Å²) in [4.78, 5) is 12.3. The second-order valence-electron chi connectivity index (χ2n) is 5.07. The lowest BCUT2D eigenvalue weighted by Crippen LogP contribution is -2.29. The van der Waals surface area contributed by atoms with E-state index in [0.29, 0.717) is 23.4 Å². The van der Waals surface area contributed by atoms with Crippen LogP contribution in [0.2, 0.25) is 0 Å². The molecular weight excluding hydrogens is 308 g/mol. The van der Waals surface area contributed by atoms with Crippen molar-refractivity contribution in [1.82, 2.24) is 5.32 Å². The predicted octanol–water partition coefficient (Wildman–Crippen LogP) is 2.28. The van der Waals surface area contributed by atoms with Crippen molar-refractivity contribution in [2.45, 2.75) is 12.6 Å². The second-order valence-corrected chi connectivity index (χ2v) is 5.07. The normalized spacial score (nSPS) is 11.4. The van der Waals surface area contributed by atoms with Crippen molar-refractivity contribution in [2.24, 2.45) is 0 Å². The first-order valence-corrected chi connectivity index (χ1v) is 7.25. The molecule has 0 aliphatic carbocycles. The van der Waals surface area contributed by atoms with Crippen molar-refractivity contribution in [3.63, 3.8) is 0 Å². The smallest absolute Gasteiger partial charge is 0.254 e. The van der Waals surface area contributed by atoms with Crippen LogP contribution in [-0.2, 0) is 16.1 Å². The quantitative estimate of drug-likeness (QED) is 0.849. The highest BCUT2D eigenvalue weighted by molar-refractivity contribution is 5.82. The van der Waals surface area contributed by atoms with E-state index in [1.807, 2.05) is 6.07 Å². The Morgan fingerprint density at radius 2 is 1.96 bits per heavy atom. The van der Waals surface area contributed by atoms with Crippen LogP contribution >= 0.6 is 0 Å². The molecule has 1 atom stereocenters. The molecule has 2 aromatic rings. The Bertz CT molecular complexity index is 751. The fourth-order valence-corrected chi connectivity index (χ4v) is 2.24. The largest absolute Gasteiger partial charge is 0.504 e. The molecule has 1 unspecified atom stereocenters. The van der Waals surface area contributed by atoms with Crippen molar-refractivity contribution >= 4 is 5.91 Å². The van der Waals surface area contributed by atoms with Gasteiger partial charge in [0.15, 0.2) is 17.6 Å². The van der Waals surface area contributed by atoms with Gasteiger partial charge in [0.1, 0.15) is 0 Å². The van der Waals surface area contributed by atoms with Crippen LogP contribution in [0.25, 0.3) is 0 Å². The number of ether oxygens (including phenoxy) is 2. The average molecular weight is 326 g/mol. The van der Waals surface area contributed by atoms with Crippen molar-refractivity contribution in [3.05, 3.63) is 59.2 Å². The monoisotopic (exact) mass is 326 g/mol. The van der Waals surface area contributed by atoms with E-state index in [2.05, 4.69) is 5.32 Å². The van der Waals surface area contributed by atoms with E-state index in [1.54, 1.807) is 36.4 Å². The lowest BCUT2D eigenvalue weighted by atomic mass is 10.1. The summed E-state index contributed by atoms with van der Waals surface area (Å²) in [5.74, 6) is -0.0602. The summed E-state index contributed by atoms with van der Waals surface area (Å²) in [7, 11) is 2.88. The van der Waals surface area contributed by atoms with Gasteiger partial charge in [-0.15, -0.1) is 0 Å². The minimum atomic E-state index is -0.847. The highest BCUT2D eigenvalue weighted by atomic mass is 16.5. The molecule has 6 nitrogen and oxygen atoms in total. The molecule has 0 spiro atoms. The number of amides is 1. The summed E-state index contributed by atoms with van der Waals surface area (Å²) in [6.45, 7) is 0.312. The molecule has 124 valence electrons. The zero-order chi connectivity index (χ0) is 17.5. The molecule has 0 aromatic heterocycles. The van der Waals surface area contributed by atoms with Gasteiger partial charge in [0, 0.05) is 13.7 Å². The first-order chi connectivity index (χ1) is 11.6. The van der Waals surface area contributed by atoms with Crippen LogP contribution in [0.1, 0.15) is 22.8 Å². The molecule has 0 saturated carbocycles. The molecule has 0 heterocycles. The maximum absolute atomic E-state index is 12.3. The molecule has 0 aliphatic heterocycles. The molecule has 2 N–H and O–H groups in total. The Kier molecular flexibility index (Phi) is 5.77. The van der Waals surface area contributed by atoms with Crippen LogP contribution in [0.15, 0.2) is 42.5 Å². The van der Waals surface area contributed by atoms with E-state index < -0.39 is 6.10 Å². The van der Waals surface area contributed by atoms with Crippen molar-refractivity contribution in [2.75, 3.05) is 14.2 Å². The number of methoxy groups -OCH3 is 2. The standard InChI is InChI=1S/C18H18N2O4/c1-23-16-8-7-14(9-15(16)21)17(24-2)18(22)20-11-13-5-3-12(10-19)4-6-13/h3-9,17,21H,11H2,1-2H3,(H,20,22). The molecule has 6 heteroatoms. The maximum Gasteiger partial charge on any atom is 0.254 e. The number of hydrogen-bond acceptors (Lipinski definition) is 5. The van der Waals surface area contributed by atoms with Crippen LogP contribution < -0.4 is 10.1 Å². The second kappa shape index (κ2) is 7.99. The summed E-state index contributed by atoms with van der Waals surface area (Å²) in [6, 6.07) is 13.7. The van der Waals surface area contributed by atoms with Gasteiger partial charge in [-0.1, -0.05) is 18.2 Å². The highest BCUT2D eigenvalue weighted by Crippen LogP contribution is 2.30. The minimum absolute atomic E-state index is 0.0584. The summed E-state index contributed by atoms with van der Waals surface area (Å²) < 4.78 is 10.2. The van der Waals surface area contributed by atoms with Gasteiger partial charge in [0.2, 0.25) is 0 Å². The number of aromatic hydroxyl groups is 1. The number of nitriles is 1. The van der Waals surface area contributed by atoms with E-state index in [0.717, 1.165) is 5.56 Å². The van der Waals surface area contributed by atoms with Crippen molar-refractivity contribution in [1.29, 1.82) is 5.26 Å². The molecule has 24 heavy (non-hydrogen) atoms. The zero-order valence-electron chi connectivity index (χ0n) is 13.4. The Morgan fingerprint density at radius 1 is 1.25 bits per heavy atom. The van der Waals surface area contributed by atoms with Crippen LogP contribution in [0.3, 0.4) is 0 Å². The summed E-state index contributed by atoms with van der Waals surface area (Å²) >= 11 is 0. The van der Waals surface area contributed by atoms with Gasteiger partial charge in [-0.3, -0.25) is 4.79 Å². The van der Waals surface area contributed by atoms with E-state index in [-0.39, 0.29) is 11.7 Å². The van der Waals surface area contributed by atoms with Gasteiger partial charge in [-0.05, 0) is 35.4 Å². The number of benzene rings is 2. The molecule has 0 fully saturated rings. The molecule has 0 radical (unpaired) electrons. The van der Waals surface area contributed by atoms with Gasteiger partial charge in [-0.25, -0.2) is 0 Å². The maximum atomic E-state index is 12.3. The van der Waals surface area contributed by atoms with E-state index in [1.165, 1.54) is 20.3 Å². The number of carbonyl (C=O) groups excluding carboxylic acids is 1. The zero-order valence-corrected chi connectivity index (χ0v) is 13.4. The lowest BCUT2D eigenvalue weighted by Gasteiger charge is -2.16. The topological polar surface area (TPSA) is 91.6 Å². The minimum Gasteiger partial charge on any atom is -0.504 e. The summed E-state index contributed by atoms with van der Waals surface area (Å²) in [5, 5.41) is 21.4. The summed E-state index contributed by atoms with van der Waals surface area (Å²) in [5.41, 5.74) is 1.96. The highest BCUT2D eigenvalue weighted by Gasteiger charge is 2.21. The molecule has 0 saturated heterocycles. The third-order valence-corrected chi connectivity index (χ3v) is 3.53. The molecular formula is C18H18N2O4.